The standard InChI is InChI=1S/C11H15N3OS/c1-7(2)9(4-12)11(15)13-5-10-8(3)14-6-16-10/h6-7,9H,5H2,1-3H3,(H,13,15). The van der Waals surface area contributed by atoms with Gasteiger partial charge in [-0.2, -0.15) is 5.26 Å². The summed E-state index contributed by atoms with van der Waals surface area (Å²) in [6.45, 7) is 6.10. The number of aryl methyl sites for hydroxylation is 1. The number of nitriles is 1. The van der Waals surface area contributed by atoms with Crippen LogP contribution in [0.15, 0.2) is 5.51 Å². The molecule has 1 unspecified atom stereocenters. The van der Waals surface area contributed by atoms with Crippen molar-refractivity contribution in [2.75, 3.05) is 0 Å². The quantitative estimate of drug-likeness (QED) is 0.869. The fraction of sp³-hybridized carbons (Fsp3) is 0.545. The van der Waals surface area contributed by atoms with Gasteiger partial charge in [-0.05, 0) is 12.8 Å². The summed E-state index contributed by atoms with van der Waals surface area (Å²) in [6.07, 6.45) is 0. The Morgan fingerprint density at radius 3 is 2.81 bits per heavy atom. The van der Waals surface area contributed by atoms with Crippen LogP contribution in [0.3, 0.4) is 0 Å². The van der Waals surface area contributed by atoms with Gasteiger partial charge in [-0.15, -0.1) is 11.3 Å². The van der Waals surface area contributed by atoms with Crippen molar-refractivity contribution in [1.82, 2.24) is 10.3 Å². The molecule has 0 fully saturated rings. The molecule has 1 rings (SSSR count). The smallest absolute Gasteiger partial charge is 0.237 e. The molecule has 0 saturated carbocycles. The van der Waals surface area contributed by atoms with Crippen LogP contribution < -0.4 is 5.32 Å². The third kappa shape index (κ3) is 3.04. The molecule has 0 aliphatic carbocycles. The van der Waals surface area contributed by atoms with E-state index in [1.54, 1.807) is 5.51 Å². The second-order valence-electron chi connectivity index (χ2n) is 3.93. The third-order valence-corrected chi connectivity index (χ3v) is 3.29. The van der Waals surface area contributed by atoms with E-state index in [4.69, 9.17) is 5.26 Å². The first-order valence-corrected chi connectivity index (χ1v) is 6.00. The van der Waals surface area contributed by atoms with Gasteiger partial charge in [-0.3, -0.25) is 4.79 Å². The van der Waals surface area contributed by atoms with Crippen LogP contribution in [0.2, 0.25) is 0 Å². The Morgan fingerprint density at radius 2 is 2.38 bits per heavy atom. The zero-order valence-electron chi connectivity index (χ0n) is 9.65. The summed E-state index contributed by atoms with van der Waals surface area (Å²) in [5.74, 6) is -0.744. The third-order valence-electron chi connectivity index (χ3n) is 2.36. The molecule has 4 nitrogen and oxygen atoms in total. The SMILES string of the molecule is Cc1ncsc1CNC(=O)C(C#N)C(C)C. The number of thiazole rings is 1. The average molecular weight is 237 g/mol. The van der Waals surface area contributed by atoms with Crippen LogP contribution in [0.25, 0.3) is 0 Å². The number of hydrogen-bond acceptors (Lipinski definition) is 4. The van der Waals surface area contributed by atoms with Crippen LogP contribution in [-0.4, -0.2) is 10.9 Å². The minimum Gasteiger partial charge on any atom is -0.350 e. The summed E-state index contributed by atoms with van der Waals surface area (Å²) in [6, 6.07) is 2.02. The molecule has 1 heterocycles. The molecule has 1 aromatic rings. The Kier molecular flexibility index (Phi) is 4.44. The Morgan fingerprint density at radius 1 is 1.69 bits per heavy atom. The first-order valence-electron chi connectivity index (χ1n) is 5.12. The van der Waals surface area contributed by atoms with E-state index in [-0.39, 0.29) is 11.8 Å². The van der Waals surface area contributed by atoms with E-state index in [0.29, 0.717) is 6.54 Å². The van der Waals surface area contributed by atoms with Crippen molar-refractivity contribution in [2.45, 2.75) is 27.3 Å². The Bertz CT molecular complexity index is 406. The van der Waals surface area contributed by atoms with Crippen molar-refractivity contribution in [3.05, 3.63) is 16.1 Å². The van der Waals surface area contributed by atoms with Gasteiger partial charge < -0.3 is 5.32 Å². The number of carbonyl (C=O) groups is 1. The van der Waals surface area contributed by atoms with Crippen molar-refractivity contribution in [2.24, 2.45) is 11.8 Å². The van der Waals surface area contributed by atoms with E-state index in [2.05, 4.69) is 10.3 Å². The van der Waals surface area contributed by atoms with Crippen LogP contribution in [0, 0.1) is 30.1 Å². The van der Waals surface area contributed by atoms with Crippen molar-refractivity contribution in [1.29, 1.82) is 5.26 Å². The van der Waals surface area contributed by atoms with Crippen molar-refractivity contribution >= 4 is 17.2 Å². The Balaban J connectivity index is 2.53. The maximum Gasteiger partial charge on any atom is 0.237 e. The second kappa shape index (κ2) is 5.61. The van der Waals surface area contributed by atoms with Crippen LogP contribution >= 0.6 is 11.3 Å². The predicted molar refractivity (Wildman–Crippen MR) is 62.6 cm³/mol. The highest BCUT2D eigenvalue weighted by Crippen LogP contribution is 2.13. The minimum atomic E-state index is -0.576. The largest absolute Gasteiger partial charge is 0.350 e. The zero-order valence-corrected chi connectivity index (χ0v) is 10.5. The minimum absolute atomic E-state index is 0.0348. The van der Waals surface area contributed by atoms with E-state index < -0.39 is 5.92 Å². The lowest BCUT2D eigenvalue weighted by molar-refractivity contribution is -0.124. The fourth-order valence-corrected chi connectivity index (χ4v) is 2.00. The van der Waals surface area contributed by atoms with E-state index in [9.17, 15) is 4.79 Å². The Hall–Kier alpha value is -1.41. The van der Waals surface area contributed by atoms with E-state index in [0.717, 1.165) is 10.6 Å². The lowest BCUT2D eigenvalue weighted by atomic mass is 9.97. The number of aromatic nitrogens is 1. The molecule has 5 heteroatoms. The van der Waals surface area contributed by atoms with Gasteiger partial charge in [0.1, 0.15) is 5.92 Å². The molecule has 1 N–H and O–H groups in total. The summed E-state index contributed by atoms with van der Waals surface area (Å²) < 4.78 is 0. The van der Waals surface area contributed by atoms with E-state index in [1.165, 1.54) is 11.3 Å². The Labute approximate surface area is 99.3 Å². The van der Waals surface area contributed by atoms with Crippen LogP contribution in [0.4, 0.5) is 0 Å². The highest BCUT2D eigenvalue weighted by Gasteiger charge is 2.21. The van der Waals surface area contributed by atoms with Gasteiger partial charge in [-0.1, -0.05) is 13.8 Å². The topological polar surface area (TPSA) is 65.8 Å². The van der Waals surface area contributed by atoms with Gasteiger partial charge in [0, 0.05) is 4.88 Å². The normalized spacial score (nSPS) is 12.2. The molecule has 0 spiro atoms. The van der Waals surface area contributed by atoms with Crippen LogP contribution in [0.5, 0.6) is 0 Å². The maximum absolute atomic E-state index is 11.7. The zero-order chi connectivity index (χ0) is 12.1. The first-order chi connectivity index (χ1) is 7.56. The maximum atomic E-state index is 11.7. The molecular weight excluding hydrogens is 222 g/mol. The first kappa shape index (κ1) is 12.7. The summed E-state index contributed by atoms with van der Waals surface area (Å²) in [4.78, 5) is 16.8. The lowest BCUT2D eigenvalue weighted by Crippen LogP contribution is -2.32. The molecule has 0 aliphatic rings. The van der Waals surface area contributed by atoms with Gasteiger partial charge in [0.05, 0.1) is 23.8 Å². The van der Waals surface area contributed by atoms with Crippen LogP contribution in [0.1, 0.15) is 24.4 Å². The summed E-state index contributed by atoms with van der Waals surface area (Å²) >= 11 is 1.51. The average Bonchev–Trinajstić information content (AvgIpc) is 2.61. The molecule has 0 bridgehead atoms. The molecule has 1 amide bonds. The predicted octanol–water partition coefficient (Wildman–Crippen LogP) is 1.86. The highest BCUT2D eigenvalue weighted by atomic mass is 32.1. The number of rotatable bonds is 4. The molecule has 0 aliphatic heterocycles. The summed E-state index contributed by atoms with van der Waals surface area (Å²) in [5.41, 5.74) is 2.68. The fourth-order valence-electron chi connectivity index (χ4n) is 1.28. The van der Waals surface area contributed by atoms with Crippen molar-refractivity contribution in [3.63, 3.8) is 0 Å². The van der Waals surface area contributed by atoms with E-state index >= 15 is 0 Å². The molecule has 1 aromatic heterocycles. The lowest BCUT2D eigenvalue weighted by Gasteiger charge is -2.12. The van der Waals surface area contributed by atoms with Gasteiger partial charge >= 0.3 is 0 Å². The molecule has 16 heavy (non-hydrogen) atoms. The molecule has 0 saturated heterocycles. The van der Waals surface area contributed by atoms with Gasteiger partial charge in [-0.25, -0.2) is 4.98 Å². The van der Waals surface area contributed by atoms with E-state index in [1.807, 2.05) is 26.8 Å². The van der Waals surface area contributed by atoms with Crippen molar-refractivity contribution in [3.8, 4) is 6.07 Å². The monoisotopic (exact) mass is 237 g/mol. The molecule has 0 radical (unpaired) electrons. The van der Waals surface area contributed by atoms with Gasteiger partial charge in [0.15, 0.2) is 0 Å². The van der Waals surface area contributed by atoms with Crippen LogP contribution in [-0.2, 0) is 11.3 Å². The number of nitrogens with zero attached hydrogens (tertiary/aromatic N) is 2. The highest BCUT2D eigenvalue weighted by molar-refractivity contribution is 7.09. The number of amides is 1. The number of nitrogens with one attached hydrogen (secondary N) is 1. The number of carbonyl (C=O) groups excluding carboxylic acids is 1. The molecular formula is C11H15N3OS. The summed E-state index contributed by atoms with van der Waals surface area (Å²) in [7, 11) is 0. The van der Waals surface area contributed by atoms with Gasteiger partial charge in [0.2, 0.25) is 5.91 Å². The van der Waals surface area contributed by atoms with Gasteiger partial charge in [0.25, 0.3) is 0 Å². The molecule has 0 aromatic carbocycles. The number of hydrogen-bond donors (Lipinski definition) is 1. The molecule has 86 valence electrons. The second-order valence-corrected chi connectivity index (χ2v) is 4.87. The van der Waals surface area contributed by atoms with Crippen molar-refractivity contribution < 1.29 is 4.79 Å². The molecule has 1 atom stereocenters. The summed E-state index contributed by atoms with van der Waals surface area (Å²) in [5, 5.41) is 11.6.